The Morgan fingerprint density at radius 2 is 1.27 bits per heavy atom. The maximum atomic E-state index is 12.2. The van der Waals surface area contributed by atoms with E-state index in [0.29, 0.717) is 24.4 Å². The Bertz CT molecular complexity index is 1000. The van der Waals surface area contributed by atoms with Gasteiger partial charge in [-0.1, -0.05) is 88.3 Å². The molecule has 2 aromatic carbocycles. The molecule has 0 atom stereocenters. The Balaban J connectivity index is 1.34. The highest BCUT2D eigenvalue weighted by molar-refractivity contribution is 5.95. The molecule has 0 fully saturated rings. The molecule has 0 radical (unpaired) electrons. The van der Waals surface area contributed by atoms with E-state index in [1.807, 2.05) is 42.5 Å². The normalized spacial score (nSPS) is 10.6. The summed E-state index contributed by atoms with van der Waals surface area (Å²) in [5.74, 6) is -0.718. The molecule has 0 aliphatic carbocycles. The fourth-order valence-corrected chi connectivity index (χ4v) is 3.82. The molecule has 1 N–H and O–H groups in total. The summed E-state index contributed by atoms with van der Waals surface area (Å²) in [6.07, 6.45) is 10.4. The van der Waals surface area contributed by atoms with Crippen molar-refractivity contribution in [1.29, 1.82) is 0 Å². The monoisotopic (exact) mass is 511 g/mol. The van der Waals surface area contributed by atoms with Gasteiger partial charge >= 0.3 is 18.0 Å². The van der Waals surface area contributed by atoms with E-state index < -0.39 is 12.1 Å². The second-order valence-electron chi connectivity index (χ2n) is 9.21. The number of hydrogen-bond donors (Lipinski definition) is 1. The number of carbonyl (C=O) groups excluding carboxylic acids is 3. The minimum Gasteiger partial charge on any atom is -0.462 e. The second kappa shape index (κ2) is 18.0. The standard InChI is InChI=1S/C30H41NO6/c1-24(2)28(32)36-22-19-31-30(34)37-21-14-10-8-6-4-3-5-7-9-13-20-35-29(33)27-18-17-25-15-11-12-16-26(25)23-27/h11-12,15-18,23H,1,3-10,13-14,19-22H2,2H3,(H,31,34). The third-order valence-electron chi connectivity index (χ3n) is 5.94. The van der Waals surface area contributed by atoms with Gasteiger partial charge in [0.1, 0.15) is 6.61 Å². The molecule has 0 unspecified atom stereocenters. The molecule has 2 aromatic rings. The van der Waals surface area contributed by atoms with Crippen molar-refractivity contribution in [2.75, 3.05) is 26.4 Å². The van der Waals surface area contributed by atoms with Crippen molar-refractivity contribution in [2.24, 2.45) is 0 Å². The van der Waals surface area contributed by atoms with E-state index >= 15 is 0 Å². The van der Waals surface area contributed by atoms with Gasteiger partial charge in [-0.15, -0.1) is 0 Å². The van der Waals surface area contributed by atoms with Gasteiger partial charge in [0.15, 0.2) is 0 Å². The Kier molecular flexibility index (Phi) is 14.5. The fraction of sp³-hybridized carbons (Fsp3) is 0.500. The number of unbranched alkanes of at least 4 members (excludes halogenated alkanes) is 9. The fourth-order valence-electron chi connectivity index (χ4n) is 3.82. The van der Waals surface area contributed by atoms with Crippen LogP contribution in [-0.4, -0.2) is 44.4 Å². The first-order valence-electron chi connectivity index (χ1n) is 13.4. The molecule has 2 rings (SSSR count). The van der Waals surface area contributed by atoms with Gasteiger partial charge in [0, 0.05) is 5.57 Å². The van der Waals surface area contributed by atoms with E-state index in [0.717, 1.165) is 49.3 Å². The van der Waals surface area contributed by atoms with Crippen molar-refractivity contribution in [2.45, 2.75) is 71.1 Å². The number of esters is 2. The highest BCUT2D eigenvalue weighted by atomic mass is 16.6. The van der Waals surface area contributed by atoms with Gasteiger partial charge in [0.05, 0.1) is 25.3 Å². The van der Waals surface area contributed by atoms with Gasteiger partial charge in [-0.25, -0.2) is 14.4 Å². The van der Waals surface area contributed by atoms with E-state index in [4.69, 9.17) is 14.2 Å². The zero-order valence-corrected chi connectivity index (χ0v) is 22.1. The minimum atomic E-state index is -0.491. The van der Waals surface area contributed by atoms with Crippen LogP contribution in [0.25, 0.3) is 10.8 Å². The van der Waals surface area contributed by atoms with Crippen molar-refractivity contribution in [1.82, 2.24) is 5.32 Å². The lowest BCUT2D eigenvalue weighted by molar-refractivity contribution is -0.138. The van der Waals surface area contributed by atoms with Crippen molar-refractivity contribution in [3.05, 3.63) is 60.2 Å². The predicted molar refractivity (Wildman–Crippen MR) is 146 cm³/mol. The third kappa shape index (κ3) is 13.0. The maximum Gasteiger partial charge on any atom is 0.407 e. The van der Waals surface area contributed by atoms with Crippen LogP contribution in [0.2, 0.25) is 0 Å². The molecule has 1 amide bonds. The van der Waals surface area contributed by atoms with Gasteiger partial charge in [-0.05, 0) is 42.7 Å². The molecule has 7 nitrogen and oxygen atoms in total. The number of ether oxygens (including phenoxy) is 3. The average molecular weight is 512 g/mol. The molecule has 0 aliphatic heterocycles. The average Bonchev–Trinajstić information content (AvgIpc) is 2.90. The summed E-state index contributed by atoms with van der Waals surface area (Å²) in [6.45, 7) is 6.23. The molecule has 202 valence electrons. The first-order chi connectivity index (χ1) is 18.0. The summed E-state index contributed by atoms with van der Waals surface area (Å²) in [6, 6.07) is 13.6. The lowest BCUT2D eigenvalue weighted by Crippen LogP contribution is -2.29. The highest BCUT2D eigenvalue weighted by Gasteiger charge is 2.08. The molecule has 0 aliphatic rings. The minimum absolute atomic E-state index is 0.0975. The molecule has 0 spiro atoms. The van der Waals surface area contributed by atoms with Crippen LogP contribution in [0.5, 0.6) is 0 Å². The van der Waals surface area contributed by atoms with E-state index in [-0.39, 0.29) is 19.1 Å². The van der Waals surface area contributed by atoms with Gasteiger partial charge in [-0.3, -0.25) is 0 Å². The molecule has 0 aromatic heterocycles. The van der Waals surface area contributed by atoms with Crippen molar-refractivity contribution < 1.29 is 28.6 Å². The van der Waals surface area contributed by atoms with E-state index in [1.165, 1.54) is 25.7 Å². The number of amides is 1. The Labute approximate surface area is 220 Å². The topological polar surface area (TPSA) is 90.9 Å². The van der Waals surface area contributed by atoms with Gasteiger partial charge < -0.3 is 19.5 Å². The lowest BCUT2D eigenvalue weighted by Gasteiger charge is -2.08. The number of nitrogens with one attached hydrogen (secondary N) is 1. The number of hydrogen-bond acceptors (Lipinski definition) is 6. The predicted octanol–water partition coefficient (Wildman–Crippen LogP) is 6.74. The molecular formula is C30H41NO6. The molecule has 7 heteroatoms. The van der Waals surface area contributed by atoms with Crippen LogP contribution in [0, 0.1) is 0 Å². The van der Waals surface area contributed by atoms with Crippen molar-refractivity contribution in [3.63, 3.8) is 0 Å². The summed E-state index contributed by atoms with van der Waals surface area (Å²) in [5, 5.41) is 4.71. The SMILES string of the molecule is C=C(C)C(=O)OCCNC(=O)OCCCCCCCCCCCCOC(=O)c1ccc2ccccc2c1. The maximum absolute atomic E-state index is 12.2. The highest BCUT2D eigenvalue weighted by Crippen LogP contribution is 2.16. The molecule has 37 heavy (non-hydrogen) atoms. The molecule has 0 bridgehead atoms. The third-order valence-corrected chi connectivity index (χ3v) is 5.94. The van der Waals surface area contributed by atoms with Crippen LogP contribution >= 0.6 is 0 Å². The Morgan fingerprint density at radius 3 is 1.89 bits per heavy atom. The van der Waals surface area contributed by atoms with Crippen molar-refractivity contribution in [3.8, 4) is 0 Å². The molecular weight excluding hydrogens is 470 g/mol. The summed E-state index contributed by atoms with van der Waals surface area (Å²) in [7, 11) is 0. The summed E-state index contributed by atoms with van der Waals surface area (Å²) in [5.41, 5.74) is 0.933. The molecule has 0 saturated carbocycles. The largest absolute Gasteiger partial charge is 0.462 e. The first-order valence-corrected chi connectivity index (χ1v) is 13.4. The number of carbonyl (C=O) groups is 3. The Morgan fingerprint density at radius 1 is 0.703 bits per heavy atom. The number of fused-ring (bicyclic) bond motifs is 1. The van der Waals surface area contributed by atoms with Gasteiger partial charge in [0.2, 0.25) is 0 Å². The van der Waals surface area contributed by atoms with Crippen LogP contribution < -0.4 is 5.32 Å². The van der Waals surface area contributed by atoms with E-state index in [9.17, 15) is 14.4 Å². The van der Waals surface area contributed by atoms with E-state index in [1.54, 1.807) is 6.92 Å². The second-order valence-corrected chi connectivity index (χ2v) is 9.21. The Hall–Kier alpha value is -3.35. The van der Waals surface area contributed by atoms with Crippen molar-refractivity contribution >= 4 is 28.8 Å². The smallest absolute Gasteiger partial charge is 0.407 e. The molecule has 0 saturated heterocycles. The summed E-state index contributed by atoms with van der Waals surface area (Å²) in [4.78, 5) is 35.0. The van der Waals surface area contributed by atoms with Gasteiger partial charge in [-0.2, -0.15) is 0 Å². The van der Waals surface area contributed by atoms with Crippen LogP contribution in [0.3, 0.4) is 0 Å². The zero-order chi connectivity index (χ0) is 26.7. The van der Waals surface area contributed by atoms with Crippen LogP contribution in [0.4, 0.5) is 4.79 Å². The lowest BCUT2D eigenvalue weighted by atomic mass is 10.1. The van der Waals surface area contributed by atoms with Crippen LogP contribution in [-0.2, 0) is 19.0 Å². The van der Waals surface area contributed by atoms with Gasteiger partial charge in [0.25, 0.3) is 0 Å². The number of alkyl carbamates (subject to hydrolysis) is 1. The van der Waals surface area contributed by atoms with Crippen LogP contribution in [0.1, 0.15) is 81.5 Å². The summed E-state index contributed by atoms with van der Waals surface area (Å²) >= 11 is 0. The van der Waals surface area contributed by atoms with Crippen LogP contribution in [0.15, 0.2) is 54.6 Å². The number of rotatable bonds is 18. The molecule has 0 heterocycles. The summed E-state index contributed by atoms with van der Waals surface area (Å²) < 4.78 is 15.4. The number of benzene rings is 2. The quantitative estimate of drug-likeness (QED) is 0.103. The first kappa shape index (κ1) is 29.9. The zero-order valence-electron chi connectivity index (χ0n) is 22.1. The van der Waals surface area contributed by atoms with E-state index in [2.05, 4.69) is 11.9 Å².